The van der Waals surface area contributed by atoms with Crippen molar-refractivity contribution in [3.05, 3.63) is 24.7 Å². The van der Waals surface area contributed by atoms with Crippen LogP contribution in [-0.2, 0) is 4.74 Å². The second-order valence-electron chi connectivity index (χ2n) is 2.54. The van der Waals surface area contributed by atoms with Crippen molar-refractivity contribution in [3.63, 3.8) is 0 Å². The lowest BCUT2D eigenvalue weighted by molar-refractivity contribution is 0.110. The Morgan fingerprint density at radius 2 is 1.58 bits per heavy atom. The molecule has 2 N–H and O–H groups in total. The van der Waals surface area contributed by atoms with Crippen LogP contribution in [0.3, 0.4) is 0 Å². The lowest BCUT2D eigenvalue weighted by atomic mass is 10.5. The maximum atomic E-state index is 8.11. The molecule has 1 unspecified atom stereocenters. The van der Waals surface area contributed by atoms with Crippen LogP contribution in [0.25, 0.3) is 0 Å². The van der Waals surface area contributed by atoms with Crippen LogP contribution in [0, 0.1) is 0 Å². The molecule has 0 aliphatic heterocycles. The van der Waals surface area contributed by atoms with Gasteiger partial charge >= 0.3 is 0 Å². The van der Waals surface area contributed by atoms with Crippen LogP contribution in [0.5, 0.6) is 0 Å². The summed E-state index contributed by atoms with van der Waals surface area (Å²) in [4.78, 5) is 0. The van der Waals surface area contributed by atoms with Crippen molar-refractivity contribution < 1.29 is 14.9 Å². The molecule has 0 aromatic carbocycles. The third-order valence-corrected chi connectivity index (χ3v) is 0.613. The van der Waals surface area contributed by atoms with E-state index < -0.39 is 6.10 Å². The number of hydrogen-bond donors (Lipinski definition) is 2. The highest BCUT2D eigenvalue weighted by Crippen LogP contribution is 1.97. The Labute approximate surface area is 74.0 Å². The average Bonchev–Trinajstić information content (AvgIpc) is 1.85. The minimum absolute atomic E-state index is 0.139. The first-order valence-electron chi connectivity index (χ1n) is 3.68. The van der Waals surface area contributed by atoms with Crippen molar-refractivity contribution in [2.45, 2.75) is 26.9 Å². The Balaban J connectivity index is 0. The molecule has 12 heavy (non-hydrogen) atoms. The molecule has 0 aromatic rings. The van der Waals surface area contributed by atoms with Crippen LogP contribution in [0.4, 0.5) is 0 Å². The number of allylic oxidation sites excluding steroid dienone is 2. The number of hydrogen-bond acceptors (Lipinski definition) is 3. The van der Waals surface area contributed by atoms with E-state index in [0.29, 0.717) is 11.5 Å². The Morgan fingerprint density at radius 3 is 1.58 bits per heavy atom. The molecule has 0 fully saturated rings. The fraction of sp³-hybridized carbons (Fsp3) is 0.556. The fourth-order valence-corrected chi connectivity index (χ4v) is 0.297. The van der Waals surface area contributed by atoms with Gasteiger partial charge in [-0.15, -0.1) is 0 Å². The summed E-state index contributed by atoms with van der Waals surface area (Å²) < 4.78 is 4.86. The molecule has 3 heteroatoms. The summed E-state index contributed by atoms with van der Waals surface area (Å²) in [5, 5.41) is 16.0. The summed E-state index contributed by atoms with van der Waals surface area (Å²) in [6.07, 6.45) is -0.560. The number of aliphatic hydroxyl groups is 2. The van der Waals surface area contributed by atoms with Crippen LogP contribution < -0.4 is 0 Å². The zero-order valence-corrected chi connectivity index (χ0v) is 8.00. The standard InChI is InChI=1S/C6H10O.C3H8O2/c1-5(2)7-6(3)4;1-3(5)2-4/h1,3H2,2,4H3;3-5H,2H2,1H3. The first kappa shape index (κ1) is 13.8. The Morgan fingerprint density at radius 1 is 1.33 bits per heavy atom. The zero-order chi connectivity index (χ0) is 10.1. The van der Waals surface area contributed by atoms with Gasteiger partial charge in [-0.1, -0.05) is 13.2 Å². The SMILES string of the molecule is C=C(C)OC(=C)C.CC(O)CO. The largest absolute Gasteiger partial charge is 0.468 e. The van der Waals surface area contributed by atoms with E-state index in [9.17, 15) is 0 Å². The molecule has 0 radical (unpaired) electrons. The predicted octanol–water partition coefficient (Wildman–Crippen LogP) is 1.43. The van der Waals surface area contributed by atoms with Crippen LogP contribution in [-0.4, -0.2) is 22.9 Å². The maximum absolute atomic E-state index is 8.11. The van der Waals surface area contributed by atoms with Gasteiger partial charge in [-0.2, -0.15) is 0 Å². The van der Waals surface area contributed by atoms with Gasteiger partial charge in [0.2, 0.25) is 0 Å². The van der Waals surface area contributed by atoms with Crippen molar-refractivity contribution in [2.75, 3.05) is 6.61 Å². The third-order valence-electron chi connectivity index (χ3n) is 0.613. The smallest absolute Gasteiger partial charge is 0.0933 e. The van der Waals surface area contributed by atoms with Crippen LogP contribution >= 0.6 is 0 Å². The molecule has 72 valence electrons. The van der Waals surface area contributed by atoms with Gasteiger partial charge in [0, 0.05) is 0 Å². The molecular formula is C9H18O3. The summed E-state index contributed by atoms with van der Waals surface area (Å²) in [6, 6.07) is 0. The lowest BCUT2D eigenvalue weighted by Gasteiger charge is -1.99. The van der Waals surface area contributed by atoms with Crippen molar-refractivity contribution in [1.82, 2.24) is 0 Å². The van der Waals surface area contributed by atoms with E-state index in [1.54, 1.807) is 13.8 Å². The Hall–Kier alpha value is -0.800. The summed E-state index contributed by atoms with van der Waals surface area (Å²) in [7, 11) is 0. The van der Waals surface area contributed by atoms with E-state index in [1.807, 2.05) is 0 Å². The zero-order valence-electron chi connectivity index (χ0n) is 8.00. The Kier molecular flexibility index (Phi) is 9.52. The van der Waals surface area contributed by atoms with Gasteiger partial charge in [0.15, 0.2) is 0 Å². The molecule has 0 heterocycles. The molecule has 0 bridgehead atoms. The topological polar surface area (TPSA) is 49.7 Å². The average molecular weight is 174 g/mol. The third kappa shape index (κ3) is 22.9. The van der Waals surface area contributed by atoms with E-state index in [1.165, 1.54) is 6.92 Å². The fourth-order valence-electron chi connectivity index (χ4n) is 0.297. The van der Waals surface area contributed by atoms with Crippen molar-refractivity contribution in [3.8, 4) is 0 Å². The summed E-state index contributed by atoms with van der Waals surface area (Å²) in [5.74, 6) is 1.38. The molecule has 0 spiro atoms. The molecule has 0 aliphatic rings. The van der Waals surface area contributed by atoms with Crippen LogP contribution in [0.15, 0.2) is 24.7 Å². The van der Waals surface area contributed by atoms with E-state index in [0.717, 1.165) is 0 Å². The van der Waals surface area contributed by atoms with Crippen molar-refractivity contribution in [1.29, 1.82) is 0 Å². The second kappa shape index (κ2) is 8.30. The minimum atomic E-state index is -0.560. The van der Waals surface area contributed by atoms with Gasteiger partial charge in [-0.05, 0) is 20.8 Å². The highest BCUT2D eigenvalue weighted by molar-refractivity contribution is 4.85. The lowest BCUT2D eigenvalue weighted by Crippen LogP contribution is -2.03. The molecule has 0 saturated carbocycles. The second-order valence-corrected chi connectivity index (χ2v) is 2.54. The summed E-state index contributed by atoms with van der Waals surface area (Å²) >= 11 is 0. The molecule has 0 aliphatic carbocycles. The predicted molar refractivity (Wildman–Crippen MR) is 49.5 cm³/mol. The van der Waals surface area contributed by atoms with Crippen molar-refractivity contribution in [2.24, 2.45) is 0 Å². The van der Waals surface area contributed by atoms with Gasteiger partial charge in [0.25, 0.3) is 0 Å². The van der Waals surface area contributed by atoms with Gasteiger partial charge in [0.1, 0.15) is 0 Å². The highest BCUT2D eigenvalue weighted by Gasteiger charge is 1.83. The summed E-state index contributed by atoms with van der Waals surface area (Å²) in [6.45, 7) is 12.0. The van der Waals surface area contributed by atoms with Crippen LogP contribution in [0.2, 0.25) is 0 Å². The summed E-state index contributed by atoms with van der Waals surface area (Å²) in [5.41, 5.74) is 0. The molecule has 3 nitrogen and oxygen atoms in total. The number of ether oxygens (including phenoxy) is 1. The van der Waals surface area contributed by atoms with Gasteiger partial charge < -0.3 is 14.9 Å². The molecular weight excluding hydrogens is 156 g/mol. The quantitative estimate of drug-likeness (QED) is 0.636. The maximum Gasteiger partial charge on any atom is 0.0933 e. The number of aliphatic hydroxyl groups excluding tert-OH is 2. The van der Waals surface area contributed by atoms with Crippen LogP contribution in [0.1, 0.15) is 20.8 Å². The van der Waals surface area contributed by atoms with E-state index in [2.05, 4.69) is 13.2 Å². The minimum Gasteiger partial charge on any atom is -0.468 e. The Bertz CT molecular complexity index is 127. The van der Waals surface area contributed by atoms with Gasteiger partial charge in [-0.3, -0.25) is 0 Å². The van der Waals surface area contributed by atoms with Gasteiger partial charge in [0.05, 0.1) is 24.2 Å². The van der Waals surface area contributed by atoms with E-state index in [-0.39, 0.29) is 6.61 Å². The monoisotopic (exact) mass is 174 g/mol. The normalized spacial score (nSPS) is 10.8. The first-order chi connectivity index (χ1) is 5.40. The molecule has 1 atom stereocenters. The molecule has 0 rings (SSSR count). The molecule has 0 saturated heterocycles. The van der Waals surface area contributed by atoms with Gasteiger partial charge in [-0.25, -0.2) is 0 Å². The number of rotatable bonds is 3. The van der Waals surface area contributed by atoms with E-state index >= 15 is 0 Å². The molecule has 0 amide bonds. The molecule has 0 aromatic heterocycles. The van der Waals surface area contributed by atoms with E-state index in [4.69, 9.17) is 14.9 Å². The first-order valence-corrected chi connectivity index (χ1v) is 3.68. The highest BCUT2D eigenvalue weighted by atomic mass is 16.5. The van der Waals surface area contributed by atoms with Crippen molar-refractivity contribution >= 4 is 0 Å².